The van der Waals surface area contributed by atoms with Crippen LogP contribution in [0.1, 0.15) is 44.0 Å². The Bertz CT molecular complexity index is 585. The Morgan fingerprint density at radius 2 is 1.40 bits per heavy atom. The van der Waals surface area contributed by atoms with Gasteiger partial charge in [0.1, 0.15) is 23.9 Å². The highest BCUT2D eigenvalue weighted by molar-refractivity contribution is 6.07. The van der Waals surface area contributed by atoms with E-state index in [4.69, 9.17) is 0 Å². The number of carbonyl (C=O) groups excluding carboxylic acids is 2. The molecule has 0 aromatic heterocycles. The normalized spacial score (nSPS) is 34.6. The molecule has 1 aromatic rings. The first-order chi connectivity index (χ1) is 9.41. The molecule has 3 heterocycles. The van der Waals surface area contributed by atoms with Crippen molar-refractivity contribution >= 4 is 11.8 Å². The van der Waals surface area contributed by atoms with Gasteiger partial charge in [0.15, 0.2) is 0 Å². The first-order valence-electron chi connectivity index (χ1n) is 7.23. The highest BCUT2D eigenvalue weighted by Crippen LogP contribution is 2.52. The highest BCUT2D eigenvalue weighted by Gasteiger charge is 2.67. The van der Waals surface area contributed by atoms with Gasteiger partial charge in [-0.05, 0) is 20.8 Å². The summed E-state index contributed by atoms with van der Waals surface area (Å²) in [4.78, 5) is 27.0. The molecule has 4 atom stereocenters. The Hall–Kier alpha value is -1.68. The van der Waals surface area contributed by atoms with Gasteiger partial charge in [-0.25, -0.2) is 0 Å². The van der Waals surface area contributed by atoms with Gasteiger partial charge in [-0.15, -0.1) is 0 Å². The van der Waals surface area contributed by atoms with Crippen LogP contribution in [-0.2, 0) is 9.59 Å². The van der Waals surface area contributed by atoms with E-state index in [9.17, 15) is 9.59 Å². The highest BCUT2D eigenvalue weighted by atomic mass is 16.2. The lowest BCUT2D eigenvalue weighted by Gasteiger charge is -2.31. The first kappa shape index (κ1) is 12.1. The molecule has 0 aliphatic carbocycles. The zero-order chi connectivity index (χ0) is 14.2. The van der Waals surface area contributed by atoms with Crippen LogP contribution >= 0.6 is 0 Å². The molecule has 4 heteroatoms. The molecule has 2 bridgehead atoms. The fraction of sp³-hybridized carbons (Fsp3) is 0.500. The largest absolute Gasteiger partial charge is 0.332 e. The van der Waals surface area contributed by atoms with E-state index < -0.39 is 5.54 Å². The predicted octanol–water partition coefficient (Wildman–Crippen LogP) is 0.759. The summed E-state index contributed by atoms with van der Waals surface area (Å²) in [5, 5.41) is 2.22. The van der Waals surface area contributed by atoms with Crippen molar-refractivity contribution < 1.29 is 14.9 Å². The van der Waals surface area contributed by atoms with Crippen molar-refractivity contribution in [2.45, 2.75) is 38.4 Å². The quantitative estimate of drug-likeness (QED) is 0.708. The number of nitrogens with zero attached hydrogens (tertiary/aromatic N) is 1. The standard InChI is InChI=1S/C16H18N2O2/c1-16(2,3)18-14(19)10-11(15(18)20)13-9-7-5-4-6-8(9)12(10)17-13/h4-7,10-13,17H,1-3H3/p+1/t10-,11+,12+,13-. The van der Waals surface area contributed by atoms with E-state index in [1.165, 1.54) is 16.0 Å². The third-order valence-corrected chi connectivity index (χ3v) is 4.97. The van der Waals surface area contributed by atoms with Gasteiger partial charge in [-0.3, -0.25) is 14.5 Å². The lowest BCUT2D eigenvalue weighted by Crippen LogP contribution is -2.81. The van der Waals surface area contributed by atoms with Crippen molar-refractivity contribution in [3.63, 3.8) is 0 Å². The van der Waals surface area contributed by atoms with E-state index in [0.29, 0.717) is 0 Å². The SMILES string of the molecule is CC(C)(C)N1C(=O)[C@@H]2[C@H](C1=O)[C@@H]1[NH2+][C@H]2c2ccccc21. The second kappa shape index (κ2) is 3.50. The minimum Gasteiger partial charge on any atom is -0.332 e. The Balaban J connectivity index is 1.82. The monoisotopic (exact) mass is 271 g/mol. The Morgan fingerprint density at radius 1 is 0.950 bits per heavy atom. The summed E-state index contributed by atoms with van der Waals surface area (Å²) in [6.45, 7) is 5.80. The molecule has 0 radical (unpaired) electrons. The predicted molar refractivity (Wildman–Crippen MR) is 72.4 cm³/mol. The van der Waals surface area contributed by atoms with Gasteiger partial charge in [0.05, 0.1) is 0 Å². The molecule has 3 aliphatic heterocycles. The molecular formula is C16H19N2O2+. The molecule has 4 rings (SSSR count). The molecule has 2 amide bonds. The van der Waals surface area contributed by atoms with Crippen molar-refractivity contribution in [2.24, 2.45) is 11.8 Å². The molecule has 2 N–H and O–H groups in total. The third kappa shape index (κ3) is 1.25. The summed E-state index contributed by atoms with van der Waals surface area (Å²) in [6, 6.07) is 8.50. The summed E-state index contributed by atoms with van der Waals surface area (Å²) in [6.07, 6.45) is 0. The van der Waals surface area contributed by atoms with Crippen LogP contribution in [0.25, 0.3) is 0 Å². The average Bonchev–Trinajstić information content (AvgIpc) is 2.99. The number of imide groups is 1. The van der Waals surface area contributed by atoms with Crippen molar-refractivity contribution in [1.82, 2.24) is 4.90 Å². The van der Waals surface area contributed by atoms with Gasteiger partial charge in [0.25, 0.3) is 0 Å². The van der Waals surface area contributed by atoms with E-state index in [0.717, 1.165) is 0 Å². The minimum absolute atomic E-state index is 0.0192. The molecule has 2 fully saturated rings. The lowest BCUT2D eigenvalue weighted by molar-refractivity contribution is -0.707. The average molecular weight is 271 g/mol. The summed E-state index contributed by atoms with van der Waals surface area (Å²) >= 11 is 0. The number of fused-ring (bicyclic) bond motifs is 8. The molecule has 20 heavy (non-hydrogen) atoms. The van der Waals surface area contributed by atoms with Crippen LogP contribution in [0, 0.1) is 11.8 Å². The summed E-state index contributed by atoms with van der Waals surface area (Å²) in [5.74, 6) is -0.292. The number of carbonyl (C=O) groups is 2. The molecule has 3 aliphatic rings. The van der Waals surface area contributed by atoms with Crippen molar-refractivity contribution in [3.05, 3.63) is 35.4 Å². The van der Waals surface area contributed by atoms with Gasteiger partial charge >= 0.3 is 0 Å². The van der Waals surface area contributed by atoms with Crippen LogP contribution in [-0.4, -0.2) is 22.3 Å². The lowest BCUT2D eigenvalue weighted by atomic mass is 9.77. The molecule has 0 saturated carbocycles. The molecule has 1 aromatic carbocycles. The Labute approximate surface area is 118 Å². The number of rotatable bonds is 0. The number of amides is 2. The maximum absolute atomic E-state index is 12.7. The molecule has 0 spiro atoms. The van der Waals surface area contributed by atoms with Crippen LogP contribution in [0.2, 0.25) is 0 Å². The maximum atomic E-state index is 12.7. The van der Waals surface area contributed by atoms with Crippen LogP contribution in [0.15, 0.2) is 24.3 Å². The van der Waals surface area contributed by atoms with E-state index >= 15 is 0 Å². The smallest absolute Gasteiger partial charge is 0.240 e. The van der Waals surface area contributed by atoms with Crippen molar-refractivity contribution in [1.29, 1.82) is 0 Å². The topological polar surface area (TPSA) is 54.0 Å². The van der Waals surface area contributed by atoms with E-state index in [-0.39, 0.29) is 35.7 Å². The molecule has 4 nitrogen and oxygen atoms in total. The van der Waals surface area contributed by atoms with Gasteiger partial charge in [0, 0.05) is 16.7 Å². The zero-order valence-corrected chi connectivity index (χ0v) is 12.0. The summed E-state index contributed by atoms with van der Waals surface area (Å²) < 4.78 is 0. The van der Waals surface area contributed by atoms with Gasteiger partial charge in [0.2, 0.25) is 11.8 Å². The van der Waals surface area contributed by atoms with Gasteiger partial charge in [-0.1, -0.05) is 24.3 Å². The second-order valence-corrected chi connectivity index (χ2v) is 7.11. The van der Waals surface area contributed by atoms with Crippen LogP contribution in [0.3, 0.4) is 0 Å². The number of quaternary nitrogens is 1. The maximum Gasteiger partial charge on any atom is 0.240 e. The number of benzene rings is 1. The van der Waals surface area contributed by atoms with E-state index in [1.807, 2.05) is 32.9 Å². The number of nitrogens with two attached hydrogens (primary N) is 1. The van der Waals surface area contributed by atoms with Crippen LogP contribution < -0.4 is 5.32 Å². The fourth-order valence-corrected chi connectivity index (χ4v) is 4.30. The summed E-state index contributed by atoms with van der Waals surface area (Å²) in [7, 11) is 0. The third-order valence-electron chi connectivity index (χ3n) is 4.97. The van der Waals surface area contributed by atoms with Gasteiger partial charge < -0.3 is 5.32 Å². The molecule has 2 saturated heterocycles. The number of hydrogen-bond acceptors (Lipinski definition) is 2. The molecule has 104 valence electrons. The van der Waals surface area contributed by atoms with Crippen molar-refractivity contribution in [3.8, 4) is 0 Å². The zero-order valence-electron chi connectivity index (χ0n) is 12.0. The Kier molecular flexibility index (Phi) is 2.11. The minimum atomic E-state index is -0.426. The number of likely N-dealkylation sites (tertiary alicyclic amines) is 1. The molecule has 0 unspecified atom stereocenters. The van der Waals surface area contributed by atoms with E-state index in [2.05, 4.69) is 17.4 Å². The Morgan fingerprint density at radius 3 is 1.80 bits per heavy atom. The molecular weight excluding hydrogens is 252 g/mol. The van der Waals surface area contributed by atoms with Crippen molar-refractivity contribution in [2.75, 3.05) is 0 Å². The van der Waals surface area contributed by atoms with Crippen LogP contribution in [0.5, 0.6) is 0 Å². The second-order valence-electron chi connectivity index (χ2n) is 7.11. The van der Waals surface area contributed by atoms with Crippen LogP contribution in [0.4, 0.5) is 0 Å². The van der Waals surface area contributed by atoms with E-state index in [1.54, 1.807) is 0 Å². The first-order valence-corrected chi connectivity index (χ1v) is 7.23. The summed E-state index contributed by atoms with van der Waals surface area (Å²) in [5.41, 5.74) is 2.07. The van der Waals surface area contributed by atoms with Gasteiger partial charge in [-0.2, -0.15) is 0 Å². The fourth-order valence-electron chi connectivity index (χ4n) is 4.30. The number of hydrogen-bond donors (Lipinski definition) is 1.